The second-order valence-electron chi connectivity index (χ2n) is 6.63. The van der Waals surface area contributed by atoms with Gasteiger partial charge in [-0.1, -0.05) is 49.1 Å². The van der Waals surface area contributed by atoms with Crippen LogP contribution in [0.1, 0.15) is 16.7 Å². The number of hydrogen-bond donors (Lipinski definition) is 0. The van der Waals surface area contributed by atoms with Crippen LogP contribution >= 0.6 is 0 Å². The topological polar surface area (TPSA) is 12.9 Å². The number of pyridine rings is 1. The van der Waals surface area contributed by atoms with Gasteiger partial charge < -0.3 is 0 Å². The van der Waals surface area contributed by atoms with Gasteiger partial charge in [0, 0.05) is 11.8 Å². The van der Waals surface area contributed by atoms with E-state index in [0.717, 1.165) is 12.1 Å². The van der Waals surface area contributed by atoms with E-state index in [1.54, 1.807) is 5.20 Å². The highest BCUT2D eigenvalue weighted by Crippen LogP contribution is 2.38. The minimum atomic E-state index is -1.23. The third-order valence-electron chi connectivity index (χ3n) is 4.18. The van der Waals surface area contributed by atoms with E-state index in [0.29, 0.717) is 0 Å². The first-order valence-corrected chi connectivity index (χ1v) is 10.7. The van der Waals surface area contributed by atoms with Gasteiger partial charge >= 0.3 is 0 Å². The lowest BCUT2D eigenvalue weighted by Crippen LogP contribution is -2.23. The van der Waals surface area contributed by atoms with Crippen molar-refractivity contribution in [3.8, 4) is 11.3 Å². The Morgan fingerprint density at radius 3 is 2.50 bits per heavy atom. The van der Waals surface area contributed by atoms with Crippen LogP contribution in [0.2, 0.25) is 19.6 Å². The summed E-state index contributed by atoms with van der Waals surface area (Å²) in [5.74, 6) is 0. The Kier molecular flexibility index (Phi) is 3.13. The molecular formula is C18H21NSi. The molecule has 0 amide bonds. The first-order valence-electron chi connectivity index (χ1n) is 7.22. The van der Waals surface area contributed by atoms with Crippen LogP contribution in [0, 0.1) is 6.92 Å². The summed E-state index contributed by atoms with van der Waals surface area (Å²) in [6, 6.07) is 10.6. The van der Waals surface area contributed by atoms with E-state index >= 15 is 0 Å². The van der Waals surface area contributed by atoms with E-state index in [2.05, 4.69) is 61.9 Å². The second-order valence-corrected chi connectivity index (χ2v) is 11.8. The Labute approximate surface area is 122 Å². The number of allylic oxidation sites excluding steroid dienone is 1. The molecule has 0 spiro atoms. The van der Waals surface area contributed by atoms with Crippen molar-refractivity contribution < 1.29 is 0 Å². The van der Waals surface area contributed by atoms with Crippen LogP contribution in [0.4, 0.5) is 0 Å². The number of benzene rings is 1. The zero-order chi connectivity index (χ0) is 14.3. The van der Waals surface area contributed by atoms with Gasteiger partial charge in [0.15, 0.2) is 0 Å². The van der Waals surface area contributed by atoms with Crippen LogP contribution in [0.5, 0.6) is 0 Å². The van der Waals surface area contributed by atoms with Crippen molar-refractivity contribution in [1.29, 1.82) is 0 Å². The van der Waals surface area contributed by atoms with E-state index in [1.165, 1.54) is 22.3 Å². The van der Waals surface area contributed by atoms with Gasteiger partial charge in [-0.25, -0.2) is 0 Å². The number of rotatable bonds is 2. The molecule has 0 radical (unpaired) electrons. The van der Waals surface area contributed by atoms with E-state index < -0.39 is 8.07 Å². The van der Waals surface area contributed by atoms with Gasteiger partial charge in [0.05, 0.1) is 13.8 Å². The molecule has 1 aliphatic carbocycles. The molecule has 1 aromatic heterocycles. The van der Waals surface area contributed by atoms with E-state index in [1.807, 2.05) is 12.3 Å². The van der Waals surface area contributed by atoms with Crippen molar-refractivity contribution in [2.45, 2.75) is 33.0 Å². The lowest BCUT2D eigenvalue weighted by molar-refractivity contribution is 1.20. The third kappa shape index (κ3) is 2.25. The molecule has 0 saturated heterocycles. The van der Waals surface area contributed by atoms with Crippen LogP contribution < -0.4 is 0 Å². The molecule has 1 aromatic carbocycles. The van der Waals surface area contributed by atoms with E-state index in [4.69, 9.17) is 0 Å². The maximum Gasteiger partial charge on any atom is 0.0729 e. The number of hydrogen-bond acceptors (Lipinski definition) is 1. The van der Waals surface area contributed by atoms with Crippen LogP contribution in [0.15, 0.2) is 41.7 Å². The Hall–Kier alpha value is -1.67. The summed E-state index contributed by atoms with van der Waals surface area (Å²) in [5, 5.41) is 1.65. The highest BCUT2D eigenvalue weighted by Gasteiger charge is 2.27. The van der Waals surface area contributed by atoms with Gasteiger partial charge in [0.25, 0.3) is 0 Å². The monoisotopic (exact) mass is 279 g/mol. The number of aromatic nitrogens is 1. The molecule has 0 saturated carbocycles. The van der Waals surface area contributed by atoms with Crippen molar-refractivity contribution in [2.24, 2.45) is 0 Å². The smallest absolute Gasteiger partial charge is 0.0729 e. The lowest BCUT2D eigenvalue weighted by atomic mass is 9.96. The van der Waals surface area contributed by atoms with Gasteiger partial charge in [0.1, 0.15) is 0 Å². The zero-order valence-corrected chi connectivity index (χ0v) is 13.7. The molecule has 102 valence electrons. The molecular weight excluding hydrogens is 258 g/mol. The fraction of sp³-hybridized carbons (Fsp3) is 0.278. The van der Waals surface area contributed by atoms with Crippen LogP contribution in [-0.2, 0) is 6.42 Å². The summed E-state index contributed by atoms with van der Waals surface area (Å²) in [7, 11) is -1.23. The van der Waals surface area contributed by atoms with Gasteiger partial charge in [0.2, 0.25) is 0 Å². The van der Waals surface area contributed by atoms with Gasteiger partial charge in [-0.2, -0.15) is 0 Å². The maximum atomic E-state index is 4.53. The quantitative estimate of drug-likeness (QED) is 0.714. The first-order chi connectivity index (χ1) is 9.47. The molecule has 3 rings (SSSR count). The zero-order valence-electron chi connectivity index (χ0n) is 12.7. The molecule has 2 aromatic rings. The summed E-state index contributed by atoms with van der Waals surface area (Å²) in [6.45, 7) is 9.52. The Bertz CT molecular complexity index is 679. The number of nitrogens with zero attached hydrogens (tertiary/aromatic N) is 1. The molecule has 1 nitrogen and oxygen atoms in total. The number of aryl methyl sites for hydroxylation is 1. The van der Waals surface area contributed by atoms with Gasteiger partial charge in [-0.15, -0.1) is 0 Å². The van der Waals surface area contributed by atoms with Crippen LogP contribution in [-0.4, -0.2) is 13.1 Å². The molecule has 2 heteroatoms. The maximum absolute atomic E-state index is 4.53. The molecule has 1 aliphatic rings. The van der Waals surface area contributed by atoms with Gasteiger partial charge in [-0.05, 0) is 42.2 Å². The predicted octanol–water partition coefficient (Wildman–Crippen LogP) is 4.87. The summed E-state index contributed by atoms with van der Waals surface area (Å²) < 4.78 is 0. The fourth-order valence-corrected chi connectivity index (χ4v) is 4.10. The van der Waals surface area contributed by atoms with E-state index in [9.17, 15) is 0 Å². The van der Waals surface area contributed by atoms with Crippen molar-refractivity contribution in [3.63, 3.8) is 0 Å². The Morgan fingerprint density at radius 2 is 1.85 bits per heavy atom. The van der Waals surface area contributed by atoms with Crippen molar-refractivity contribution in [1.82, 2.24) is 4.98 Å². The van der Waals surface area contributed by atoms with E-state index in [-0.39, 0.29) is 0 Å². The summed E-state index contributed by atoms with van der Waals surface area (Å²) in [6.07, 6.45) is 5.45. The lowest BCUT2D eigenvalue weighted by Gasteiger charge is -2.17. The average molecular weight is 279 g/mol. The van der Waals surface area contributed by atoms with Crippen LogP contribution in [0.25, 0.3) is 17.3 Å². The first kappa shape index (κ1) is 13.3. The Balaban J connectivity index is 2.17. The molecule has 0 unspecified atom stereocenters. The molecule has 0 atom stereocenters. The minimum Gasteiger partial charge on any atom is -0.256 e. The normalized spacial score (nSPS) is 14.1. The molecule has 0 aliphatic heterocycles. The van der Waals surface area contributed by atoms with Crippen LogP contribution in [0.3, 0.4) is 0 Å². The molecule has 1 heterocycles. The third-order valence-corrected chi connectivity index (χ3v) is 6.43. The van der Waals surface area contributed by atoms with Crippen molar-refractivity contribution >= 4 is 14.1 Å². The summed E-state index contributed by atoms with van der Waals surface area (Å²) in [4.78, 5) is 4.53. The fourth-order valence-electron chi connectivity index (χ4n) is 2.82. The average Bonchev–Trinajstić information content (AvgIpc) is 2.86. The molecule has 0 N–H and O–H groups in total. The summed E-state index contributed by atoms with van der Waals surface area (Å²) >= 11 is 0. The standard InChI is InChI=1S/C18H21NSi/c1-13-8-9-15(18-7-5-6-10-19-18)17-12-14(11-16(13)17)20(2,3)4/h5-10,12H,11H2,1-4H3. The highest BCUT2D eigenvalue weighted by atomic mass is 28.3. The molecule has 20 heavy (non-hydrogen) atoms. The second kappa shape index (κ2) is 4.71. The number of fused-ring (bicyclic) bond motifs is 1. The highest BCUT2D eigenvalue weighted by molar-refractivity contribution is 6.83. The van der Waals surface area contributed by atoms with Crippen molar-refractivity contribution in [2.75, 3.05) is 0 Å². The summed E-state index contributed by atoms with van der Waals surface area (Å²) in [5.41, 5.74) is 6.67. The molecule has 0 bridgehead atoms. The van der Waals surface area contributed by atoms with Gasteiger partial charge in [-0.3, -0.25) is 4.98 Å². The minimum absolute atomic E-state index is 1.08. The largest absolute Gasteiger partial charge is 0.256 e. The Morgan fingerprint density at radius 1 is 1.05 bits per heavy atom. The SMILES string of the molecule is Cc1ccc(-c2ccccn2)c2c1CC([Si](C)(C)C)=C2. The molecule has 0 fully saturated rings. The predicted molar refractivity (Wildman–Crippen MR) is 89.4 cm³/mol. The van der Waals surface area contributed by atoms with Crippen molar-refractivity contribution in [3.05, 3.63) is 58.4 Å².